The quantitative estimate of drug-likeness (QED) is 0.332. The van der Waals surface area contributed by atoms with Crippen molar-refractivity contribution in [2.24, 2.45) is 23.2 Å². The molecule has 0 unspecified atom stereocenters. The Morgan fingerprint density at radius 3 is 2.59 bits per heavy atom. The molecule has 9 heteroatoms. The molecule has 0 radical (unpaired) electrons. The molecule has 2 amide bonds. The van der Waals surface area contributed by atoms with Crippen LogP contribution in [0.15, 0.2) is 55.0 Å². The number of aromatic amines is 1. The number of nitrogens with one attached hydrogen (secondary N) is 3. The molecule has 3 aromatic rings. The lowest BCUT2D eigenvalue weighted by Crippen LogP contribution is -2.65. The van der Waals surface area contributed by atoms with Crippen LogP contribution in [-0.2, 0) is 20.5 Å². The fourth-order valence-electron chi connectivity index (χ4n) is 7.57. The van der Waals surface area contributed by atoms with Gasteiger partial charge in [0.2, 0.25) is 5.91 Å². The van der Waals surface area contributed by atoms with Gasteiger partial charge in [0.1, 0.15) is 6.04 Å². The second-order valence-electron chi connectivity index (χ2n) is 13.4. The van der Waals surface area contributed by atoms with Gasteiger partial charge in [-0.1, -0.05) is 45.9 Å². The van der Waals surface area contributed by atoms with Crippen molar-refractivity contribution in [3.63, 3.8) is 0 Å². The first-order valence-corrected chi connectivity index (χ1v) is 15.0. The number of rotatable bonds is 9. The van der Waals surface area contributed by atoms with Gasteiger partial charge in [0.25, 0.3) is 5.91 Å². The summed E-state index contributed by atoms with van der Waals surface area (Å²) in [5.74, 6) is 0.491. The van der Waals surface area contributed by atoms with E-state index in [1.807, 2.05) is 30.5 Å². The van der Waals surface area contributed by atoms with Gasteiger partial charge >= 0.3 is 7.12 Å². The minimum Gasteiger partial charge on any atom is -0.404 e. The summed E-state index contributed by atoms with van der Waals surface area (Å²) in [7, 11) is -0.531. The SMILES string of the molecule is CC(C)C[C@H](NC(=O)[C@H](Cc1c[nH]c2ccccc12)NC(=O)c1ccncc1)B1O[C@@H]2C[C@@H]3C[C@@H](C3(C)C)[C@]2(C)O1. The fourth-order valence-corrected chi connectivity index (χ4v) is 7.57. The average Bonchev–Trinajstić information content (AvgIpc) is 3.52. The third-order valence-electron chi connectivity index (χ3n) is 10.0. The summed E-state index contributed by atoms with van der Waals surface area (Å²) >= 11 is 0. The molecule has 1 aromatic carbocycles. The largest absolute Gasteiger partial charge is 0.481 e. The molecular weight excluding hydrogens is 515 g/mol. The first-order chi connectivity index (χ1) is 19.6. The lowest BCUT2D eigenvalue weighted by Gasteiger charge is -2.64. The van der Waals surface area contributed by atoms with Crippen LogP contribution in [0, 0.1) is 23.2 Å². The predicted octanol–water partition coefficient (Wildman–Crippen LogP) is 4.70. The molecule has 0 spiro atoms. The maximum atomic E-state index is 14.0. The van der Waals surface area contributed by atoms with Gasteiger partial charge in [-0.15, -0.1) is 0 Å². The van der Waals surface area contributed by atoms with E-state index < -0.39 is 13.2 Å². The molecule has 41 heavy (non-hydrogen) atoms. The van der Waals surface area contributed by atoms with Gasteiger partial charge < -0.3 is 24.9 Å². The van der Waals surface area contributed by atoms with Gasteiger partial charge in [-0.2, -0.15) is 0 Å². The molecule has 216 valence electrons. The lowest BCUT2D eigenvalue weighted by molar-refractivity contribution is -0.199. The Morgan fingerprint density at radius 2 is 1.85 bits per heavy atom. The van der Waals surface area contributed by atoms with Gasteiger partial charge in [0.15, 0.2) is 0 Å². The van der Waals surface area contributed by atoms with E-state index in [4.69, 9.17) is 9.31 Å². The van der Waals surface area contributed by atoms with Crippen molar-refractivity contribution in [2.45, 2.75) is 84.0 Å². The Bertz CT molecular complexity index is 1430. The second-order valence-corrected chi connectivity index (χ2v) is 13.4. The predicted molar refractivity (Wildman–Crippen MR) is 159 cm³/mol. The highest BCUT2D eigenvalue weighted by Crippen LogP contribution is 2.65. The number of fused-ring (bicyclic) bond motifs is 1. The minimum absolute atomic E-state index is 0.0317. The highest BCUT2D eigenvalue weighted by Gasteiger charge is 2.68. The van der Waals surface area contributed by atoms with Crippen LogP contribution in [-0.4, -0.2) is 52.6 Å². The van der Waals surface area contributed by atoms with Crippen LogP contribution in [0.5, 0.6) is 0 Å². The van der Waals surface area contributed by atoms with Gasteiger partial charge in [-0.3, -0.25) is 14.6 Å². The van der Waals surface area contributed by atoms with Gasteiger partial charge in [-0.05, 0) is 73.1 Å². The zero-order valence-electron chi connectivity index (χ0n) is 24.6. The molecule has 8 nitrogen and oxygen atoms in total. The van der Waals surface area contributed by atoms with Crippen LogP contribution in [0.2, 0.25) is 0 Å². The second kappa shape index (κ2) is 10.6. The van der Waals surface area contributed by atoms with Gasteiger partial charge in [-0.25, -0.2) is 0 Å². The minimum atomic E-state index is -0.796. The highest BCUT2D eigenvalue weighted by molar-refractivity contribution is 6.48. The summed E-state index contributed by atoms with van der Waals surface area (Å²) in [5.41, 5.74) is 2.29. The van der Waals surface area contributed by atoms with Crippen molar-refractivity contribution >= 4 is 29.8 Å². The van der Waals surface area contributed by atoms with Crippen LogP contribution < -0.4 is 10.6 Å². The van der Waals surface area contributed by atoms with Crippen molar-refractivity contribution in [3.8, 4) is 0 Å². The van der Waals surface area contributed by atoms with Crippen LogP contribution >= 0.6 is 0 Å². The van der Waals surface area contributed by atoms with E-state index in [9.17, 15) is 9.59 Å². The standard InChI is InChI=1S/C32H41BN4O4/c1-19(2)14-28(33-40-27-17-22-16-26(31(22,3)4)32(27,5)41-33)37-30(39)25(36-29(38)20-10-12-34-13-11-20)15-21-18-35-24-9-7-6-8-23(21)24/h6-13,18-19,22,25-28,35H,14-17H2,1-5H3,(H,36,38)(H,37,39)/t22-,25-,26-,27+,28-,32-/m0/s1. The third kappa shape index (κ3) is 5.08. The molecule has 3 N–H and O–H groups in total. The molecule has 3 heterocycles. The van der Waals surface area contributed by atoms with Crippen molar-refractivity contribution in [2.75, 3.05) is 0 Å². The summed E-state index contributed by atoms with van der Waals surface area (Å²) in [6.45, 7) is 11.2. The number of carbonyl (C=O) groups is 2. The number of benzene rings is 1. The molecular formula is C32H41BN4O4. The number of nitrogens with zero attached hydrogens (tertiary/aromatic N) is 1. The number of aromatic nitrogens is 2. The molecule has 4 fully saturated rings. The van der Waals surface area contributed by atoms with Crippen LogP contribution in [0.1, 0.15) is 69.8 Å². The Hall–Kier alpha value is -3.17. The maximum absolute atomic E-state index is 14.0. The Kier molecular flexibility index (Phi) is 7.23. The number of hydrogen-bond donors (Lipinski definition) is 3. The molecule has 1 saturated heterocycles. The Balaban J connectivity index is 1.24. The van der Waals surface area contributed by atoms with E-state index in [0.717, 1.165) is 22.9 Å². The van der Waals surface area contributed by atoms with E-state index in [-0.39, 0.29) is 34.9 Å². The van der Waals surface area contributed by atoms with E-state index in [1.54, 1.807) is 24.5 Å². The van der Waals surface area contributed by atoms with Crippen LogP contribution in [0.3, 0.4) is 0 Å². The molecule has 3 aliphatic carbocycles. The molecule has 4 aliphatic rings. The number of H-pyrrole nitrogens is 1. The lowest BCUT2D eigenvalue weighted by atomic mass is 9.43. The topological polar surface area (TPSA) is 105 Å². The van der Waals surface area contributed by atoms with Crippen molar-refractivity contribution in [3.05, 3.63) is 66.1 Å². The third-order valence-corrected chi connectivity index (χ3v) is 10.0. The smallest absolute Gasteiger partial charge is 0.404 e. The molecule has 2 aromatic heterocycles. The number of hydrogen-bond acceptors (Lipinski definition) is 5. The zero-order chi connectivity index (χ0) is 28.9. The maximum Gasteiger partial charge on any atom is 0.481 e. The van der Waals surface area contributed by atoms with E-state index in [0.29, 0.717) is 36.2 Å². The molecule has 7 rings (SSSR count). The summed E-state index contributed by atoms with van der Waals surface area (Å²) in [6, 6.07) is 10.5. The first-order valence-electron chi connectivity index (χ1n) is 15.0. The number of pyridine rings is 1. The molecule has 2 bridgehead atoms. The highest BCUT2D eigenvalue weighted by atomic mass is 16.7. The van der Waals surface area contributed by atoms with Crippen molar-refractivity contribution in [1.29, 1.82) is 0 Å². The average molecular weight is 557 g/mol. The number of carbonyl (C=O) groups excluding carboxylic acids is 2. The number of amides is 2. The van der Waals surface area contributed by atoms with E-state index in [2.05, 4.69) is 55.2 Å². The van der Waals surface area contributed by atoms with E-state index in [1.165, 1.54) is 6.42 Å². The Labute approximate surface area is 242 Å². The first kappa shape index (κ1) is 28.0. The molecule has 1 aliphatic heterocycles. The summed E-state index contributed by atoms with van der Waals surface area (Å²) in [4.78, 5) is 34.5. The summed E-state index contributed by atoms with van der Waals surface area (Å²) < 4.78 is 13.3. The van der Waals surface area contributed by atoms with Gasteiger partial charge in [0, 0.05) is 41.5 Å². The van der Waals surface area contributed by atoms with Crippen LogP contribution in [0.4, 0.5) is 0 Å². The van der Waals surface area contributed by atoms with E-state index >= 15 is 0 Å². The normalized spacial score (nSPS) is 27.7. The van der Waals surface area contributed by atoms with Crippen molar-refractivity contribution in [1.82, 2.24) is 20.6 Å². The zero-order valence-corrected chi connectivity index (χ0v) is 24.6. The summed E-state index contributed by atoms with van der Waals surface area (Å²) in [5, 5.41) is 7.28. The number of para-hydroxylation sites is 1. The summed E-state index contributed by atoms with van der Waals surface area (Å²) in [6.07, 6.45) is 8.29. The monoisotopic (exact) mass is 556 g/mol. The molecule has 3 saturated carbocycles. The van der Waals surface area contributed by atoms with Crippen LogP contribution in [0.25, 0.3) is 10.9 Å². The fraction of sp³-hybridized carbons (Fsp3) is 0.531. The van der Waals surface area contributed by atoms with Gasteiger partial charge in [0.05, 0.1) is 17.6 Å². The Morgan fingerprint density at radius 1 is 1.10 bits per heavy atom. The van der Waals surface area contributed by atoms with Crippen molar-refractivity contribution < 1.29 is 18.9 Å². The molecule has 6 atom stereocenters.